The average Bonchev–Trinajstić information content (AvgIpc) is 3.07. The summed E-state index contributed by atoms with van der Waals surface area (Å²) in [6.07, 6.45) is -0.915. The summed E-state index contributed by atoms with van der Waals surface area (Å²) in [6, 6.07) is 10.2. The molecule has 0 radical (unpaired) electrons. The molecule has 1 atom stereocenters. The lowest BCUT2D eigenvalue weighted by Gasteiger charge is -2.12. The van der Waals surface area contributed by atoms with Gasteiger partial charge in [0.2, 0.25) is 5.78 Å². The highest BCUT2D eigenvalue weighted by molar-refractivity contribution is 9.10. The lowest BCUT2D eigenvalue weighted by Crippen LogP contribution is -2.33. The first-order valence-corrected chi connectivity index (χ1v) is 8.45. The number of Topliss-reactive ketones (excluding diaryl/α,β-unsaturated/α-hetero) is 1. The summed E-state index contributed by atoms with van der Waals surface area (Å²) in [7, 11) is 0. The minimum Gasteiger partial charge on any atom is -0.453 e. The number of amides is 1. The first-order chi connectivity index (χ1) is 11.0. The highest BCUT2D eigenvalue weighted by atomic mass is 79.9. The van der Waals surface area contributed by atoms with Gasteiger partial charge in [0.15, 0.2) is 6.10 Å². The SMILES string of the molecule is C[C@H](OC(=O)CNC(=O)c1cccs1)C(=O)c1ccc(Br)cc1. The molecule has 1 aromatic heterocycles. The number of hydrogen-bond donors (Lipinski definition) is 1. The molecule has 0 fully saturated rings. The molecule has 2 aromatic rings. The maximum atomic E-state index is 12.1. The van der Waals surface area contributed by atoms with E-state index in [4.69, 9.17) is 4.74 Å². The molecule has 0 aliphatic heterocycles. The molecule has 7 heteroatoms. The fraction of sp³-hybridized carbons (Fsp3) is 0.188. The number of ether oxygens (including phenoxy) is 1. The molecule has 1 heterocycles. The van der Waals surface area contributed by atoms with Crippen molar-refractivity contribution < 1.29 is 19.1 Å². The van der Waals surface area contributed by atoms with E-state index in [1.165, 1.54) is 18.3 Å². The summed E-state index contributed by atoms with van der Waals surface area (Å²) in [5.74, 6) is -1.30. The number of esters is 1. The number of hydrogen-bond acceptors (Lipinski definition) is 5. The first-order valence-electron chi connectivity index (χ1n) is 6.78. The molecule has 2 rings (SSSR count). The van der Waals surface area contributed by atoms with Crippen LogP contribution in [-0.2, 0) is 9.53 Å². The van der Waals surface area contributed by atoms with Crippen LogP contribution in [0.15, 0.2) is 46.3 Å². The van der Waals surface area contributed by atoms with Gasteiger partial charge in [-0.3, -0.25) is 14.4 Å². The van der Waals surface area contributed by atoms with Crippen molar-refractivity contribution >= 4 is 44.9 Å². The van der Waals surface area contributed by atoms with E-state index in [1.807, 2.05) is 0 Å². The number of thiophene rings is 1. The summed E-state index contributed by atoms with van der Waals surface area (Å²) < 4.78 is 5.91. The molecular weight excluding hydrogens is 382 g/mol. The zero-order valence-corrected chi connectivity index (χ0v) is 14.6. The predicted molar refractivity (Wildman–Crippen MR) is 90.7 cm³/mol. The molecule has 1 N–H and O–H groups in total. The van der Waals surface area contributed by atoms with Gasteiger partial charge in [0, 0.05) is 10.0 Å². The van der Waals surface area contributed by atoms with Crippen LogP contribution in [-0.4, -0.2) is 30.3 Å². The van der Waals surface area contributed by atoms with Crippen LogP contribution in [0.1, 0.15) is 27.0 Å². The molecular formula is C16H14BrNO4S. The van der Waals surface area contributed by atoms with Crippen LogP contribution in [0.3, 0.4) is 0 Å². The second-order valence-corrected chi connectivity index (χ2v) is 6.53. The van der Waals surface area contributed by atoms with E-state index in [-0.39, 0.29) is 18.2 Å². The fourth-order valence-corrected chi connectivity index (χ4v) is 2.69. The molecule has 0 spiro atoms. The number of rotatable bonds is 6. The van der Waals surface area contributed by atoms with Gasteiger partial charge in [-0.05, 0) is 30.5 Å². The molecule has 0 bridgehead atoms. The monoisotopic (exact) mass is 395 g/mol. The van der Waals surface area contributed by atoms with Crippen LogP contribution in [0.4, 0.5) is 0 Å². The Morgan fingerprint density at radius 3 is 2.52 bits per heavy atom. The van der Waals surface area contributed by atoms with E-state index in [0.29, 0.717) is 10.4 Å². The van der Waals surface area contributed by atoms with Gasteiger partial charge in [-0.1, -0.05) is 34.1 Å². The molecule has 0 saturated carbocycles. The number of carbonyl (C=O) groups is 3. The summed E-state index contributed by atoms with van der Waals surface area (Å²) in [5.41, 5.74) is 0.455. The zero-order valence-electron chi connectivity index (χ0n) is 12.2. The van der Waals surface area contributed by atoms with Gasteiger partial charge >= 0.3 is 5.97 Å². The van der Waals surface area contributed by atoms with Crippen molar-refractivity contribution in [3.8, 4) is 0 Å². The minimum atomic E-state index is -0.915. The van der Waals surface area contributed by atoms with Crippen LogP contribution < -0.4 is 5.32 Å². The van der Waals surface area contributed by atoms with Crippen LogP contribution in [0.5, 0.6) is 0 Å². The van der Waals surface area contributed by atoms with Crippen LogP contribution in [0.25, 0.3) is 0 Å². The Balaban J connectivity index is 1.83. The van der Waals surface area contributed by atoms with Gasteiger partial charge in [-0.2, -0.15) is 0 Å². The predicted octanol–water partition coefficient (Wildman–Crippen LogP) is 3.06. The maximum Gasteiger partial charge on any atom is 0.326 e. The molecule has 0 saturated heterocycles. The molecule has 5 nitrogen and oxygen atoms in total. The molecule has 23 heavy (non-hydrogen) atoms. The summed E-state index contributed by atoms with van der Waals surface area (Å²) in [6.45, 7) is 1.22. The molecule has 0 unspecified atom stereocenters. The third kappa shape index (κ3) is 5.01. The lowest BCUT2D eigenvalue weighted by molar-refractivity contribution is -0.145. The van der Waals surface area contributed by atoms with Crippen LogP contribution in [0, 0.1) is 0 Å². The lowest BCUT2D eigenvalue weighted by atomic mass is 10.1. The topological polar surface area (TPSA) is 72.5 Å². The Hall–Kier alpha value is -1.99. The van der Waals surface area contributed by atoms with E-state index in [1.54, 1.807) is 41.8 Å². The maximum absolute atomic E-state index is 12.1. The van der Waals surface area contributed by atoms with Crippen molar-refractivity contribution in [2.24, 2.45) is 0 Å². The third-order valence-corrected chi connectivity index (χ3v) is 4.34. The summed E-state index contributed by atoms with van der Waals surface area (Å²) >= 11 is 4.56. The standard InChI is InChI=1S/C16H14BrNO4S/c1-10(15(20)11-4-6-12(17)7-5-11)22-14(19)9-18-16(21)13-3-2-8-23-13/h2-8,10H,9H2,1H3,(H,18,21)/t10-/m0/s1. The average molecular weight is 396 g/mol. The van der Waals surface area contributed by atoms with Crippen molar-refractivity contribution in [3.05, 3.63) is 56.7 Å². The van der Waals surface area contributed by atoms with Crippen molar-refractivity contribution in [3.63, 3.8) is 0 Å². The van der Waals surface area contributed by atoms with Crippen LogP contribution >= 0.6 is 27.3 Å². The van der Waals surface area contributed by atoms with E-state index in [9.17, 15) is 14.4 Å². The van der Waals surface area contributed by atoms with Gasteiger partial charge in [0.05, 0.1) is 4.88 Å². The van der Waals surface area contributed by atoms with Gasteiger partial charge < -0.3 is 10.1 Å². The first kappa shape index (κ1) is 17.4. The summed E-state index contributed by atoms with van der Waals surface area (Å²) in [4.78, 5) is 36.1. The largest absolute Gasteiger partial charge is 0.453 e. The number of benzene rings is 1. The molecule has 0 aliphatic rings. The van der Waals surface area contributed by atoms with Gasteiger partial charge in [-0.25, -0.2) is 0 Å². The minimum absolute atomic E-state index is 0.283. The smallest absolute Gasteiger partial charge is 0.326 e. The Kier molecular flexibility index (Phi) is 6.06. The van der Waals surface area contributed by atoms with Crippen molar-refractivity contribution in [2.45, 2.75) is 13.0 Å². The highest BCUT2D eigenvalue weighted by Gasteiger charge is 2.20. The highest BCUT2D eigenvalue weighted by Crippen LogP contribution is 2.13. The zero-order chi connectivity index (χ0) is 16.8. The van der Waals surface area contributed by atoms with E-state index in [0.717, 1.165) is 4.47 Å². The normalized spacial score (nSPS) is 11.6. The van der Waals surface area contributed by atoms with Crippen molar-refractivity contribution in [1.29, 1.82) is 0 Å². The Bertz CT molecular complexity index is 697. The second-order valence-electron chi connectivity index (χ2n) is 4.66. The number of nitrogens with one attached hydrogen (secondary N) is 1. The fourth-order valence-electron chi connectivity index (χ4n) is 1.79. The Labute approximate surface area is 145 Å². The molecule has 0 aliphatic carbocycles. The van der Waals surface area contributed by atoms with Gasteiger partial charge in [0.1, 0.15) is 6.54 Å². The molecule has 1 amide bonds. The van der Waals surface area contributed by atoms with Crippen LogP contribution in [0.2, 0.25) is 0 Å². The quantitative estimate of drug-likeness (QED) is 0.602. The van der Waals surface area contributed by atoms with E-state index in [2.05, 4.69) is 21.2 Å². The van der Waals surface area contributed by atoms with E-state index >= 15 is 0 Å². The number of halogens is 1. The van der Waals surface area contributed by atoms with Crippen molar-refractivity contribution in [2.75, 3.05) is 6.54 Å². The Morgan fingerprint density at radius 2 is 1.91 bits per heavy atom. The number of ketones is 1. The number of carbonyl (C=O) groups excluding carboxylic acids is 3. The summed E-state index contributed by atoms with van der Waals surface area (Å²) in [5, 5.41) is 4.23. The van der Waals surface area contributed by atoms with Gasteiger partial charge in [-0.15, -0.1) is 11.3 Å². The van der Waals surface area contributed by atoms with Gasteiger partial charge in [0.25, 0.3) is 5.91 Å². The van der Waals surface area contributed by atoms with Crippen molar-refractivity contribution in [1.82, 2.24) is 5.32 Å². The second kappa shape index (κ2) is 8.03. The van der Waals surface area contributed by atoms with E-state index < -0.39 is 12.1 Å². The third-order valence-electron chi connectivity index (χ3n) is 2.94. The Morgan fingerprint density at radius 1 is 1.22 bits per heavy atom. The molecule has 1 aromatic carbocycles. The molecule has 120 valence electrons.